The van der Waals surface area contributed by atoms with Crippen molar-refractivity contribution in [3.05, 3.63) is 109 Å². The average Bonchev–Trinajstić information content (AvgIpc) is 3.50. The third-order valence-corrected chi connectivity index (χ3v) is 7.35. The number of furan rings is 1. The van der Waals surface area contributed by atoms with Crippen LogP contribution in [0.2, 0.25) is 0 Å². The highest BCUT2D eigenvalue weighted by Crippen LogP contribution is 2.40. The van der Waals surface area contributed by atoms with Crippen LogP contribution in [0.4, 0.5) is 0 Å². The number of imidazole rings is 1. The van der Waals surface area contributed by atoms with Crippen LogP contribution >= 0.6 is 0 Å². The van der Waals surface area contributed by atoms with E-state index in [2.05, 4.69) is 108 Å². The number of hydrogen-bond acceptors (Lipinski definition) is 4. The van der Waals surface area contributed by atoms with E-state index >= 15 is 0 Å². The maximum atomic E-state index is 6.40. The van der Waals surface area contributed by atoms with Crippen molar-refractivity contribution in [1.29, 1.82) is 0 Å². The Morgan fingerprint density at radius 3 is 2.44 bits per heavy atom. The second-order valence-corrected chi connectivity index (χ2v) is 11.1. The second-order valence-electron chi connectivity index (χ2n) is 11.1. The Balaban J connectivity index is 1.54. The SMILES string of the molecule is Cc1ccc2c(n1)oc1c(-c3nc4ccncc4n3-c3ccc(-c4ccccc4)cc3C(C)(C)C)cccc12. The van der Waals surface area contributed by atoms with E-state index in [0.717, 1.165) is 50.2 Å². The number of hydrogen-bond donors (Lipinski definition) is 0. The first-order valence-electron chi connectivity index (χ1n) is 13.2. The normalized spacial score (nSPS) is 12.1. The summed E-state index contributed by atoms with van der Waals surface area (Å²) < 4.78 is 8.63. The Labute approximate surface area is 226 Å². The molecule has 0 fully saturated rings. The molecule has 0 aliphatic heterocycles. The molecule has 4 aromatic heterocycles. The number of fused-ring (bicyclic) bond motifs is 4. The summed E-state index contributed by atoms with van der Waals surface area (Å²) in [5, 5.41) is 2.03. The smallest absolute Gasteiger partial charge is 0.227 e. The van der Waals surface area contributed by atoms with Crippen LogP contribution < -0.4 is 0 Å². The highest BCUT2D eigenvalue weighted by molar-refractivity contribution is 6.08. The maximum Gasteiger partial charge on any atom is 0.227 e. The molecule has 5 heteroatoms. The Hall–Kier alpha value is -4.77. The lowest BCUT2D eigenvalue weighted by molar-refractivity contribution is 0.587. The minimum Gasteiger partial charge on any atom is -0.437 e. The van der Waals surface area contributed by atoms with Gasteiger partial charge in [0.25, 0.3) is 0 Å². The van der Waals surface area contributed by atoms with Gasteiger partial charge in [-0.3, -0.25) is 9.55 Å². The van der Waals surface area contributed by atoms with E-state index in [0.29, 0.717) is 5.71 Å². The minimum absolute atomic E-state index is 0.122. The van der Waals surface area contributed by atoms with Crippen LogP contribution in [0.1, 0.15) is 32.0 Å². The van der Waals surface area contributed by atoms with Gasteiger partial charge in [0.05, 0.1) is 28.5 Å². The van der Waals surface area contributed by atoms with Crippen molar-refractivity contribution in [2.75, 3.05) is 0 Å². The highest BCUT2D eigenvalue weighted by Gasteiger charge is 2.25. The molecule has 4 heterocycles. The molecule has 0 unspecified atom stereocenters. The van der Waals surface area contributed by atoms with Crippen molar-refractivity contribution in [2.45, 2.75) is 33.1 Å². The summed E-state index contributed by atoms with van der Waals surface area (Å²) in [7, 11) is 0. The van der Waals surface area contributed by atoms with Crippen LogP contribution in [-0.2, 0) is 5.41 Å². The van der Waals surface area contributed by atoms with E-state index in [9.17, 15) is 0 Å². The van der Waals surface area contributed by atoms with Crippen molar-refractivity contribution in [3.63, 3.8) is 0 Å². The molecule has 7 aromatic rings. The van der Waals surface area contributed by atoms with E-state index in [4.69, 9.17) is 9.40 Å². The molecule has 7 rings (SSSR count). The largest absolute Gasteiger partial charge is 0.437 e. The molecule has 0 atom stereocenters. The van der Waals surface area contributed by atoms with Crippen LogP contribution in [0, 0.1) is 6.92 Å². The number of aromatic nitrogens is 4. The fourth-order valence-electron chi connectivity index (χ4n) is 5.44. The molecule has 0 aliphatic carbocycles. The first kappa shape index (κ1) is 23.4. The summed E-state index contributed by atoms with van der Waals surface area (Å²) in [6.07, 6.45) is 3.69. The Kier molecular flexibility index (Phi) is 5.17. The average molecular weight is 509 g/mol. The molecule has 0 aliphatic rings. The number of para-hydroxylation sites is 1. The number of pyridine rings is 2. The fourth-order valence-corrected chi connectivity index (χ4v) is 5.44. The highest BCUT2D eigenvalue weighted by atomic mass is 16.3. The van der Waals surface area contributed by atoms with E-state index in [-0.39, 0.29) is 5.41 Å². The Morgan fingerprint density at radius 2 is 1.62 bits per heavy atom. The summed E-state index contributed by atoms with van der Waals surface area (Å²) in [5.41, 5.74) is 9.68. The number of nitrogens with zero attached hydrogens (tertiary/aromatic N) is 4. The zero-order chi connectivity index (χ0) is 26.7. The molecule has 0 bridgehead atoms. The van der Waals surface area contributed by atoms with Gasteiger partial charge < -0.3 is 4.42 Å². The molecule has 0 saturated carbocycles. The zero-order valence-electron chi connectivity index (χ0n) is 22.4. The topological polar surface area (TPSA) is 56.7 Å². The van der Waals surface area contributed by atoms with Gasteiger partial charge in [-0.1, -0.05) is 69.3 Å². The monoisotopic (exact) mass is 508 g/mol. The van der Waals surface area contributed by atoms with Crippen molar-refractivity contribution in [3.8, 4) is 28.2 Å². The maximum absolute atomic E-state index is 6.40. The van der Waals surface area contributed by atoms with E-state index in [1.165, 1.54) is 16.7 Å². The van der Waals surface area contributed by atoms with Gasteiger partial charge in [-0.2, -0.15) is 0 Å². The van der Waals surface area contributed by atoms with Gasteiger partial charge in [0, 0.05) is 22.7 Å². The molecule has 0 spiro atoms. The van der Waals surface area contributed by atoms with Gasteiger partial charge in [0.1, 0.15) is 11.4 Å². The van der Waals surface area contributed by atoms with Crippen molar-refractivity contribution < 1.29 is 4.42 Å². The number of rotatable bonds is 3. The van der Waals surface area contributed by atoms with Crippen LogP contribution in [0.15, 0.2) is 102 Å². The standard InChI is InChI=1S/C34H28N4O/c1-21-13-15-25-24-11-8-12-26(31(24)39-33(25)36-21)32-37-28-17-18-35-20-30(28)38(32)29-16-14-23(19-27(29)34(2,3)4)22-9-6-5-7-10-22/h5-20H,1-4H3. The lowest BCUT2D eigenvalue weighted by atomic mass is 9.84. The van der Waals surface area contributed by atoms with Gasteiger partial charge >= 0.3 is 0 Å². The first-order valence-corrected chi connectivity index (χ1v) is 13.2. The third kappa shape index (κ3) is 3.81. The summed E-state index contributed by atoms with van der Waals surface area (Å²) in [4.78, 5) is 14.3. The van der Waals surface area contributed by atoms with Crippen LogP contribution in [-0.4, -0.2) is 19.5 Å². The van der Waals surface area contributed by atoms with Crippen LogP contribution in [0.5, 0.6) is 0 Å². The lowest BCUT2D eigenvalue weighted by Crippen LogP contribution is -2.16. The Morgan fingerprint density at radius 1 is 0.769 bits per heavy atom. The molecule has 5 nitrogen and oxygen atoms in total. The molecular weight excluding hydrogens is 480 g/mol. The lowest BCUT2D eigenvalue weighted by Gasteiger charge is -2.25. The van der Waals surface area contributed by atoms with Crippen LogP contribution in [0.25, 0.3) is 61.3 Å². The molecule has 190 valence electrons. The van der Waals surface area contributed by atoms with E-state index in [1.54, 1.807) is 6.20 Å². The molecule has 0 radical (unpaired) electrons. The third-order valence-electron chi connectivity index (χ3n) is 7.35. The van der Waals surface area contributed by atoms with Crippen LogP contribution in [0.3, 0.4) is 0 Å². The fraction of sp³-hybridized carbons (Fsp3) is 0.147. The predicted molar refractivity (Wildman–Crippen MR) is 158 cm³/mol. The van der Waals surface area contributed by atoms with Crippen molar-refractivity contribution in [1.82, 2.24) is 19.5 Å². The molecule has 0 N–H and O–H groups in total. The quantitative estimate of drug-likeness (QED) is 0.240. The molecule has 39 heavy (non-hydrogen) atoms. The molecule has 0 amide bonds. The van der Waals surface area contributed by atoms with Gasteiger partial charge in [0.2, 0.25) is 5.71 Å². The molecule has 0 saturated heterocycles. The zero-order valence-corrected chi connectivity index (χ0v) is 22.4. The molecule has 3 aromatic carbocycles. The summed E-state index contributed by atoms with van der Waals surface area (Å²) in [6.45, 7) is 8.75. The minimum atomic E-state index is -0.122. The summed E-state index contributed by atoms with van der Waals surface area (Å²) >= 11 is 0. The second kappa shape index (κ2) is 8.63. The first-order chi connectivity index (χ1) is 18.9. The summed E-state index contributed by atoms with van der Waals surface area (Å²) in [5.74, 6) is 0.817. The summed E-state index contributed by atoms with van der Waals surface area (Å²) in [6, 6.07) is 29.5. The van der Waals surface area contributed by atoms with Gasteiger partial charge in [0.15, 0.2) is 0 Å². The van der Waals surface area contributed by atoms with E-state index < -0.39 is 0 Å². The molecular formula is C34H28N4O. The van der Waals surface area contributed by atoms with E-state index in [1.807, 2.05) is 25.3 Å². The van der Waals surface area contributed by atoms with Gasteiger partial charge in [-0.05, 0) is 65.4 Å². The van der Waals surface area contributed by atoms with Gasteiger partial charge in [-0.15, -0.1) is 0 Å². The van der Waals surface area contributed by atoms with Crippen molar-refractivity contribution >= 4 is 33.1 Å². The Bertz CT molecular complexity index is 2010. The van der Waals surface area contributed by atoms with Crippen molar-refractivity contribution in [2.24, 2.45) is 0 Å². The number of aryl methyl sites for hydroxylation is 1. The van der Waals surface area contributed by atoms with Gasteiger partial charge in [-0.25, -0.2) is 9.97 Å². The predicted octanol–water partition coefficient (Wildman–Crippen LogP) is 8.65. The number of benzene rings is 3.